The Balaban J connectivity index is 2.02. The van der Waals surface area contributed by atoms with Crippen LogP contribution in [0.5, 0.6) is 0 Å². The maximum atomic E-state index is 10.5. The number of aromatic nitrogens is 1. The van der Waals surface area contributed by atoms with Gasteiger partial charge in [-0.05, 0) is 46.9 Å². The molecule has 0 aromatic carbocycles. The van der Waals surface area contributed by atoms with Gasteiger partial charge in [0.15, 0.2) is 0 Å². The Kier molecular flexibility index (Phi) is 4.19. The van der Waals surface area contributed by atoms with E-state index in [4.69, 9.17) is 4.74 Å². The first-order chi connectivity index (χ1) is 9.22. The monoisotopic (exact) mass is 278 g/mol. The molecule has 4 heteroatoms. The molecule has 0 amide bonds. The van der Waals surface area contributed by atoms with Crippen molar-refractivity contribution >= 4 is 0 Å². The average molecular weight is 278 g/mol. The van der Waals surface area contributed by atoms with Crippen molar-refractivity contribution in [3.8, 4) is 0 Å². The second-order valence-corrected chi connectivity index (χ2v) is 6.88. The van der Waals surface area contributed by atoms with Gasteiger partial charge >= 0.3 is 0 Å². The average Bonchev–Trinajstić information content (AvgIpc) is 2.49. The standard InChI is InChI=1S/C16H26N2O2/c1-15(2)13(14(19)16(3,4)20-15)11-18(5)10-12-8-6-7-9-17-12/h6-9,13-14,19H,10-11H2,1-5H3. The van der Waals surface area contributed by atoms with Gasteiger partial charge in [0, 0.05) is 25.2 Å². The number of aliphatic hydroxyl groups excluding tert-OH is 1. The summed E-state index contributed by atoms with van der Waals surface area (Å²) < 4.78 is 6.02. The number of pyridine rings is 1. The van der Waals surface area contributed by atoms with Crippen molar-refractivity contribution in [3.63, 3.8) is 0 Å². The summed E-state index contributed by atoms with van der Waals surface area (Å²) in [5.74, 6) is 0.0891. The molecule has 2 rings (SSSR count). The van der Waals surface area contributed by atoms with Crippen LogP contribution in [0.3, 0.4) is 0 Å². The van der Waals surface area contributed by atoms with E-state index >= 15 is 0 Å². The van der Waals surface area contributed by atoms with E-state index in [1.165, 1.54) is 0 Å². The second-order valence-electron chi connectivity index (χ2n) is 6.88. The topological polar surface area (TPSA) is 45.6 Å². The van der Waals surface area contributed by atoms with Gasteiger partial charge in [0.1, 0.15) is 0 Å². The van der Waals surface area contributed by atoms with Crippen molar-refractivity contribution < 1.29 is 9.84 Å². The minimum atomic E-state index is -0.486. The van der Waals surface area contributed by atoms with Crippen molar-refractivity contribution in [2.75, 3.05) is 13.6 Å². The molecule has 112 valence electrons. The van der Waals surface area contributed by atoms with Gasteiger partial charge in [0.2, 0.25) is 0 Å². The van der Waals surface area contributed by atoms with Gasteiger partial charge < -0.3 is 14.7 Å². The Morgan fingerprint density at radius 3 is 2.45 bits per heavy atom. The number of ether oxygens (including phenoxy) is 1. The first-order valence-corrected chi connectivity index (χ1v) is 7.19. The lowest BCUT2D eigenvalue weighted by atomic mass is 9.84. The molecule has 1 aromatic rings. The zero-order valence-corrected chi connectivity index (χ0v) is 13.1. The van der Waals surface area contributed by atoms with Gasteiger partial charge in [-0.15, -0.1) is 0 Å². The first kappa shape index (κ1) is 15.4. The second kappa shape index (κ2) is 5.43. The predicted molar refractivity (Wildman–Crippen MR) is 79.3 cm³/mol. The zero-order chi connectivity index (χ0) is 15.0. The third-order valence-electron chi connectivity index (χ3n) is 4.18. The van der Waals surface area contributed by atoms with Crippen LogP contribution in [0.1, 0.15) is 33.4 Å². The van der Waals surface area contributed by atoms with E-state index < -0.39 is 11.7 Å². The van der Waals surface area contributed by atoms with Crippen LogP contribution in [0.4, 0.5) is 0 Å². The Labute approximate surface area is 121 Å². The maximum Gasteiger partial charge on any atom is 0.0896 e. The van der Waals surface area contributed by atoms with Crippen LogP contribution in [-0.2, 0) is 11.3 Å². The van der Waals surface area contributed by atoms with Gasteiger partial charge in [-0.25, -0.2) is 0 Å². The Bertz CT molecular complexity index is 445. The molecule has 2 atom stereocenters. The summed E-state index contributed by atoms with van der Waals surface area (Å²) in [7, 11) is 2.06. The molecule has 2 unspecified atom stereocenters. The van der Waals surface area contributed by atoms with Gasteiger partial charge in [-0.1, -0.05) is 6.07 Å². The van der Waals surface area contributed by atoms with E-state index in [0.29, 0.717) is 0 Å². The summed E-state index contributed by atoms with van der Waals surface area (Å²) >= 11 is 0. The molecule has 0 bridgehead atoms. The molecule has 1 aromatic heterocycles. The number of nitrogens with zero attached hydrogens (tertiary/aromatic N) is 2. The number of aliphatic hydroxyl groups is 1. The largest absolute Gasteiger partial charge is 0.390 e. The lowest BCUT2D eigenvalue weighted by Crippen LogP contribution is -2.42. The molecular formula is C16H26N2O2. The summed E-state index contributed by atoms with van der Waals surface area (Å²) in [5, 5.41) is 10.5. The maximum absolute atomic E-state index is 10.5. The molecule has 1 aliphatic rings. The molecular weight excluding hydrogens is 252 g/mol. The summed E-state index contributed by atoms with van der Waals surface area (Å²) in [6.07, 6.45) is 1.35. The molecule has 0 saturated carbocycles. The van der Waals surface area contributed by atoms with Crippen LogP contribution in [0.15, 0.2) is 24.4 Å². The summed E-state index contributed by atoms with van der Waals surface area (Å²) in [6, 6.07) is 5.94. The van der Waals surface area contributed by atoms with Crippen LogP contribution in [-0.4, -0.2) is 45.9 Å². The van der Waals surface area contributed by atoms with Crippen molar-refractivity contribution in [2.45, 2.75) is 51.5 Å². The molecule has 1 aliphatic heterocycles. The highest BCUT2D eigenvalue weighted by molar-refractivity contribution is 5.05. The van der Waals surface area contributed by atoms with Crippen LogP contribution in [0.25, 0.3) is 0 Å². The normalized spacial score (nSPS) is 27.9. The smallest absolute Gasteiger partial charge is 0.0896 e. The number of rotatable bonds is 4. The van der Waals surface area contributed by atoms with E-state index in [1.54, 1.807) is 0 Å². The van der Waals surface area contributed by atoms with Gasteiger partial charge in [-0.2, -0.15) is 0 Å². The third-order valence-corrected chi connectivity index (χ3v) is 4.18. The lowest BCUT2D eigenvalue weighted by Gasteiger charge is -2.30. The van der Waals surface area contributed by atoms with Gasteiger partial charge in [0.05, 0.1) is 23.0 Å². The molecule has 2 heterocycles. The van der Waals surface area contributed by atoms with Crippen molar-refractivity contribution in [1.82, 2.24) is 9.88 Å². The van der Waals surface area contributed by atoms with Crippen molar-refractivity contribution in [3.05, 3.63) is 30.1 Å². The van der Waals surface area contributed by atoms with Crippen LogP contribution in [0, 0.1) is 5.92 Å². The van der Waals surface area contributed by atoms with E-state index in [0.717, 1.165) is 18.8 Å². The summed E-state index contributed by atoms with van der Waals surface area (Å²) in [5.41, 5.74) is 0.238. The first-order valence-electron chi connectivity index (χ1n) is 7.19. The molecule has 0 spiro atoms. The van der Waals surface area contributed by atoms with Gasteiger partial charge in [0.25, 0.3) is 0 Å². The molecule has 1 saturated heterocycles. The minimum absolute atomic E-state index is 0.0891. The summed E-state index contributed by atoms with van der Waals surface area (Å²) in [6.45, 7) is 9.60. The van der Waals surface area contributed by atoms with E-state index in [1.807, 2.05) is 38.2 Å². The number of hydrogen-bond donors (Lipinski definition) is 1. The summed E-state index contributed by atoms with van der Waals surface area (Å²) in [4.78, 5) is 6.54. The SMILES string of the molecule is CN(Cc1ccccn1)CC1C(O)C(C)(C)OC1(C)C. The highest BCUT2D eigenvalue weighted by atomic mass is 16.5. The highest BCUT2D eigenvalue weighted by Crippen LogP contribution is 2.42. The molecule has 1 fully saturated rings. The molecule has 20 heavy (non-hydrogen) atoms. The predicted octanol–water partition coefficient (Wildman–Crippen LogP) is 2.08. The van der Waals surface area contributed by atoms with Crippen LogP contribution < -0.4 is 0 Å². The van der Waals surface area contributed by atoms with Crippen LogP contribution >= 0.6 is 0 Å². The lowest BCUT2D eigenvalue weighted by molar-refractivity contribution is -0.0913. The Hall–Kier alpha value is -0.970. The fourth-order valence-electron chi connectivity index (χ4n) is 3.17. The minimum Gasteiger partial charge on any atom is -0.390 e. The highest BCUT2D eigenvalue weighted by Gasteiger charge is 2.53. The van der Waals surface area contributed by atoms with E-state index in [2.05, 4.69) is 30.8 Å². The Morgan fingerprint density at radius 2 is 1.95 bits per heavy atom. The van der Waals surface area contributed by atoms with Crippen LogP contribution in [0.2, 0.25) is 0 Å². The van der Waals surface area contributed by atoms with E-state index in [-0.39, 0.29) is 11.5 Å². The fourth-order valence-corrected chi connectivity index (χ4v) is 3.17. The van der Waals surface area contributed by atoms with E-state index in [9.17, 15) is 5.11 Å². The molecule has 1 N–H and O–H groups in total. The Morgan fingerprint density at radius 1 is 1.25 bits per heavy atom. The molecule has 4 nitrogen and oxygen atoms in total. The quantitative estimate of drug-likeness (QED) is 0.916. The zero-order valence-electron chi connectivity index (χ0n) is 13.1. The number of hydrogen-bond acceptors (Lipinski definition) is 4. The third kappa shape index (κ3) is 3.19. The van der Waals surface area contributed by atoms with Crippen molar-refractivity contribution in [2.24, 2.45) is 5.92 Å². The molecule has 0 aliphatic carbocycles. The van der Waals surface area contributed by atoms with Crippen molar-refractivity contribution in [1.29, 1.82) is 0 Å². The van der Waals surface area contributed by atoms with Gasteiger partial charge in [-0.3, -0.25) is 4.98 Å². The fraction of sp³-hybridized carbons (Fsp3) is 0.688. The molecule has 0 radical (unpaired) electrons.